The summed E-state index contributed by atoms with van der Waals surface area (Å²) in [6, 6.07) is 6.09. The van der Waals surface area contributed by atoms with Gasteiger partial charge in [0.2, 0.25) is 0 Å². The molecule has 114 valence electrons. The summed E-state index contributed by atoms with van der Waals surface area (Å²) in [5.74, 6) is 0.653. The first-order valence-corrected chi connectivity index (χ1v) is 9.05. The number of sulfone groups is 1. The lowest BCUT2D eigenvalue weighted by molar-refractivity contribution is 0.549. The van der Waals surface area contributed by atoms with Crippen LogP contribution in [0.2, 0.25) is 0 Å². The Bertz CT molecular complexity index is 517. The normalized spacial score (nSPS) is 15.1. The van der Waals surface area contributed by atoms with Gasteiger partial charge in [0.15, 0.2) is 9.84 Å². The molecule has 2 atom stereocenters. The molecule has 20 heavy (non-hydrogen) atoms. The average Bonchev–Trinajstić information content (AvgIpc) is 2.34. The minimum absolute atomic E-state index is 0.136. The Labute approximate surface area is 123 Å². The zero-order valence-corrected chi connectivity index (χ0v) is 14.0. The third-order valence-corrected chi connectivity index (χ3v) is 5.57. The first-order chi connectivity index (χ1) is 9.27. The van der Waals surface area contributed by atoms with Gasteiger partial charge in [0.05, 0.1) is 11.5 Å². The molecule has 0 aliphatic heterocycles. The molecule has 0 fully saturated rings. The summed E-state index contributed by atoms with van der Waals surface area (Å²) in [6.07, 6.45) is 0.896. The number of nitrogens with one attached hydrogen (secondary N) is 1. The monoisotopic (exact) mass is 297 g/mol. The molecule has 0 radical (unpaired) electrons. The van der Waals surface area contributed by atoms with Crippen LogP contribution in [0.1, 0.15) is 43.0 Å². The second-order valence-corrected chi connectivity index (χ2v) is 8.01. The van der Waals surface area contributed by atoms with Gasteiger partial charge in [0, 0.05) is 6.04 Å². The lowest BCUT2D eigenvalue weighted by Gasteiger charge is -2.19. The Morgan fingerprint density at radius 1 is 1.10 bits per heavy atom. The number of aryl methyl sites for hydroxylation is 2. The van der Waals surface area contributed by atoms with Crippen molar-refractivity contribution in [1.29, 1.82) is 0 Å². The van der Waals surface area contributed by atoms with Crippen LogP contribution >= 0.6 is 0 Å². The van der Waals surface area contributed by atoms with Crippen molar-refractivity contribution in [3.8, 4) is 0 Å². The molecule has 0 aromatic heterocycles. The van der Waals surface area contributed by atoms with Gasteiger partial charge in [-0.1, -0.05) is 49.6 Å². The van der Waals surface area contributed by atoms with Gasteiger partial charge >= 0.3 is 0 Å². The standard InChI is InChI=1S/C16H27NO2S/c1-6-12(2)10-20(18,19)11-16(17-5)15-8-13(3)7-14(4)9-15/h7-9,12,16-17H,6,10-11H2,1-5H3. The smallest absolute Gasteiger partial charge is 0.152 e. The van der Waals surface area contributed by atoms with Gasteiger partial charge in [0.25, 0.3) is 0 Å². The lowest BCUT2D eigenvalue weighted by atomic mass is 10.0. The minimum Gasteiger partial charge on any atom is -0.312 e. The van der Waals surface area contributed by atoms with Crippen LogP contribution in [-0.4, -0.2) is 27.0 Å². The molecule has 0 saturated heterocycles. The third-order valence-electron chi connectivity index (χ3n) is 3.65. The van der Waals surface area contributed by atoms with Crippen LogP contribution in [0.5, 0.6) is 0 Å². The Hall–Kier alpha value is -0.870. The summed E-state index contributed by atoms with van der Waals surface area (Å²) in [5, 5.41) is 3.14. The van der Waals surface area contributed by atoms with E-state index in [2.05, 4.69) is 23.5 Å². The molecule has 3 nitrogen and oxygen atoms in total. The van der Waals surface area contributed by atoms with Crippen LogP contribution in [0.4, 0.5) is 0 Å². The highest BCUT2D eigenvalue weighted by atomic mass is 32.2. The lowest BCUT2D eigenvalue weighted by Crippen LogP contribution is -2.28. The minimum atomic E-state index is -3.04. The Morgan fingerprint density at radius 3 is 2.10 bits per heavy atom. The maximum absolute atomic E-state index is 12.3. The van der Waals surface area contributed by atoms with E-state index in [1.165, 1.54) is 11.1 Å². The van der Waals surface area contributed by atoms with Crippen molar-refractivity contribution in [2.45, 2.75) is 40.2 Å². The molecule has 2 unspecified atom stereocenters. The molecular weight excluding hydrogens is 270 g/mol. The van der Waals surface area contributed by atoms with Gasteiger partial charge in [0.1, 0.15) is 0 Å². The highest BCUT2D eigenvalue weighted by molar-refractivity contribution is 7.91. The van der Waals surface area contributed by atoms with Gasteiger partial charge in [-0.15, -0.1) is 0 Å². The van der Waals surface area contributed by atoms with Gasteiger partial charge in [-0.05, 0) is 32.4 Å². The van der Waals surface area contributed by atoms with Crippen molar-refractivity contribution in [2.24, 2.45) is 5.92 Å². The Kier molecular flexibility index (Phi) is 6.21. The quantitative estimate of drug-likeness (QED) is 0.841. The zero-order valence-electron chi connectivity index (χ0n) is 13.2. The molecule has 0 spiro atoms. The first kappa shape index (κ1) is 17.2. The van der Waals surface area contributed by atoms with E-state index in [0.717, 1.165) is 12.0 Å². The topological polar surface area (TPSA) is 46.2 Å². The molecule has 0 bridgehead atoms. The van der Waals surface area contributed by atoms with E-state index in [0.29, 0.717) is 0 Å². The largest absolute Gasteiger partial charge is 0.312 e. The maximum atomic E-state index is 12.3. The fourth-order valence-electron chi connectivity index (χ4n) is 2.43. The summed E-state index contributed by atoms with van der Waals surface area (Å²) in [4.78, 5) is 0. The fraction of sp³-hybridized carbons (Fsp3) is 0.625. The van der Waals surface area contributed by atoms with Crippen LogP contribution < -0.4 is 5.32 Å². The highest BCUT2D eigenvalue weighted by Gasteiger charge is 2.21. The fourth-order valence-corrected chi connectivity index (χ4v) is 4.54. The van der Waals surface area contributed by atoms with Crippen LogP contribution in [0.15, 0.2) is 18.2 Å². The van der Waals surface area contributed by atoms with Crippen LogP contribution in [0.3, 0.4) is 0 Å². The zero-order chi connectivity index (χ0) is 15.3. The third kappa shape index (κ3) is 5.25. The van der Waals surface area contributed by atoms with Crippen LogP contribution in [-0.2, 0) is 9.84 Å². The summed E-state index contributed by atoms with van der Waals surface area (Å²) in [7, 11) is -1.22. The molecule has 0 saturated carbocycles. The van der Waals surface area contributed by atoms with Crippen molar-refractivity contribution in [3.05, 3.63) is 34.9 Å². The van der Waals surface area contributed by atoms with Crippen molar-refractivity contribution >= 4 is 9.84 Å². The van der Waals surface area contributed by atoms with Crippen LogP contribution in [0.25, 0.3) is 0 Å². The van der Waals surface area contributed by atoms with E-state index in [1.54, 1.807) is 0 Å². The number of benzene rings is 1. The molecule has 1 N–H and O–H groups in total. The van der Waals surface area contributed by atoms with Crippen molar-refractivity contribution in [2.75, 3.05) is 18.6 Å². The molecule has 0 aliphatic rings. The van der Waals surface area contributed by atoms with Crippen LogP contribution in [0, 0.1) is 19.8 Å². The summed E-state index contributed by atoms with van der Waals surface area (Å²) in [6.45, 7) is 8.09. The van der Waals surface area contributed by atoms with Gasteiger partial charge in [-0.3, -0.25) is 0 Å². The molecule has 1 aromatic carbocycles. The number of hydrogen-bond acceptors (Lipinski definition) is 3. The molecule has 0 heterocycles. The van der Waals surface area contributed by atoms with Gasteiger partial charge in [-0.25, -0.2) is 8.42 Å². The molecule has 4 heteroatoms. The summed E-state index contributed by atoms with van der Waals surface area (Å²) >= 11 is 0. The second kappa shape index (κ2) is 7.23. The molecule has 1 rings (SSSR count). The van der Waals surface area contributed by atoms with Crippen molar-refractivity contribution < 1.29 is 8.42 Å². The predicted molar refractivity (Wildman–Crippen MR) is 85.8 cm³/mol. The summed E-state index contributed by atoms with van der Waals surface area (Å²) < 4.78 is 24.5. The SMILES string of the molecule is CCC(C)CS(=O)(=O)CC(NC)c1cc(C)cc(C)c1. The Balaban J connectivity index is 2.91. The van der Waals surface area contributed by atoms with E-state index in [9.17, 15) is 8.42 Å². The number of hydrogen-bond donors (Lipinski definition) is 1. The maximum Gasteiger partial charge on any atom is 0.152 e. The molecule has 0 amide bonds. The van der Waals surface area contributed by atoms with E-state index >= 15 is 0 Å². The van der Waals surface area contributed by atoms with Crippen molar-refractivity contribution in [1.82, 2.24) is 5.32 Å². The van der Waals surface area contributed by atoms with Gasteiger partial charge in [-0.2, -0.15) is 0 Å². The van der Waals surface area contributed by atoms with Crippen molar-refractivity contribution in [3.63, 3.8) is 0 Å². The summed E-state index contributed by atoms with van der Waals surface area (Å²) in [5.41, 5.74) is 3.39. The van der Waals surface area contributed by atoms with E-state index in [1.807, 2.05) is 34.7 Å². The Morgan fingerprint density at radius 2 is 1.65 bits per heavy atom. The molecule has 1 aromatic rings. The molecular formula is C16H27NO2S. The van der Waals surface area contributed by atoms with E-state index < -0.39 is 9.84 Å². The first-order valence-electron chi connectivity index (χ1n) is 7.23. The second-order valence-electron chi connectivity index (χ2n) is 5.85. The number of rotatable bonds is 7. The predicted octanol–water partition coefficient (Wildman–Crippen LogP) is 3.02. The van der Waals surface area contributed by atoms with E-state index in [-0.39, 0.29) is 23.5 Å². The molecule has 0 aliphatic carbocycles. The van der Waals surface area contributed by atoms with Gasteiger partial charge < -0.3 is 5.32 Å². The van der Waals surface area contributed by atoms with E-state index in [4.69, 9.17) is 0 Å². The average molecular weight is 297 g/mol. The highest BCUT2D eigenvalue weighted by Crippen LogP contribution is 2.20.